The standard InChI is InChI=1S/C15H13N3O/c19-11-14-8-16-7-6-15(14)18-10-13(9-17-18)12-4-2-1-3-5-12/h1-10,19H,11H2. The molecule has 0 spiro atoms. The second kappa shape index (κ2) is 5.04. The van der Waals surface area contributed by atoms with Crippen molar-refractivity contribution < 1.29 is 5.11 Å². The molecule has 1 aromatic carbocycles. The van der Waals surface area contributed by atoms with Crippen molar-refractivity contribution in [3.8, 4) is 16.8 Å². The lowest BCUT2D eigenvalue weighted by Crippen LogP contribution is -2.00. The molecule has 0 fully saturated rings. The summed E-state index contributed by atoms with van der Waals surface area (Å²) in [7, 11) is 0. The van der Waals surface area contributed by atoms with E-state index in [1.165, 1.54) is 0 Å². The number of aliphatic hydroxyl groups excluding tert-OH is 1. The third-order valence-electron chi connectivity index (χ3n) is 2.98. The van der Waals surface area contributed by atoms with Crippen LogP contribution in [-0.2, 0) is 6.61 Å². The summed E-state index contributed by atoms with van der Waals surface area (Å²) in [6.07, 6.45) is 7.11. The van der Waals surface area contributed by atoms with E-state index in [0.717, 1.165) is 22.4 Å². The minimum atomic E-state index is -0.0519. The molecule has 0 aliphatic carbocycles. The molecule has 3 rings (SSSR count). The SMILES string of the molecule is OCc1cnccc1-n1cc(-c2ccccc2)cn1. The van der Waals surface area contributed by atoms with Gasteiger partial charge >= 0.3 is 0 Å². The molecule has 1 N–H and O–H groups in total. The highest BCUT2D eigenvalue weighted by Crippen LogP contribution is 2.20. The van der Waals surface area contributed by atoms with Crippen LogP contribution in [0.3, 0.4) is 0 Å². The lowest BCUT2D eigenvalue weighted by atomic mass is 10.1. The van der Waals surface area contributed by atoms with Gasteiger partial charge in [-0.2, -0.15) is 5.10 Å². The molecule has 19 heavy (non-hydrogen) atoms. The minimum Gasteiger partial charge on any atom is -0.392 e. The van der Waals surface area contributed by atoms with E-state index >= 15 is 0 Å². The number of pyridine rings is 1. The third kappa shape index (κ3) is 2.26. The maximum atomic E-state index is 9.32. The molecule has 0 atom stereocenters. The molecular formula is C15H13N3O. The zero-order valence-electron chi connectivity index (χ0n) is 10.3. The number of hydrogen-bond donors (Lipinski definition) is 1. The van der Waals surface area contributed by atoms with E-state index in [2.05, 4.69) is 10.1 Å². The molecule has 4 heteroatoms. The first-order valence-corrected chi connectivity index (χ1v) is 6.02. The topological polar surface area (TPSA) is 50.9 Å². The molecule has 0 radical (unpaired) electrons. The van der Waals surface area contributed by atoms with Crippen LogP contribution in [0.2, 0.25) is 0 Å². The largest absolute Gasteiger partial charge is 0.392 e. The van der Waals surface area contributed by atoms with Crippen LogP contribution in [0.25, 0.3) is 16.8 Å². The summed E-state index contributed by atoms with van der Waals surface area (Å²) in [5, 5.41) is 13.7. The van der Waals surface area contributed by atoms with Gasteiger partial charge in [0.05, 0.1) is 18.5 Å². The first kappa shape index (κ1) is 11.6. The van der Waals surface area contributed by atoms with Crippen LogP contribution < -0.4 is 0 Å². The Labute approximate surface area is 111 Å². The molecule has 3 aromatic rings. The highest BCUT2D eigenvalue weighted by molar-refractivity contribution is 5.62. The summed E-state index contributed by atoms with van der Waals surface area (Å²) >= 11 is 0. The highest BCUT2D eigenvalue weighted by Gasteiger charge is 2.06. The fraction of sp³-hybridized carbons (Fsp3) is 0.0667. The van der Waals surface area contributed by atoms with E-state index in [-0.39, 0.29) is 6.61 Å². The molecule has 0 bridgehead atoms. The second-order valence-corrected chi connectivity index (χ2v) is 4.20. The Morgan fingerprint density at radius 1 is 1.00 bits per heavy atom. The van der Waals surface area contributed by atoms with Gasteiger partial charge in [0.2, 0.25) is 0 Å². The number of hydrogen-bond acceptors (Lipinski definition) is 3. The Hall–Kier alpha value is -2.46. The Morgan fingerprint density at radius 2 is 1.84 bits per heavy atom. The van der Waals surface area contributed by atoms with Crippen molar-refractivity contribution in [1.82, 2.24) is 14.8 Å². The van der Waals surface area contributed by atoms with Crippen molar-refractivity contribution in [1.29, 1.82) is 0 Å². The molecular weight excluding hydrogens is 238 g/mol. The van der Waals surface area contributed by atoms with Gasteiger partial charge in [0.25, 0.3) is 0 Å². The van der Waals surface area contributed by atoms with Crippen LogP contribution in [0.15, 0.2) is 61.2 Å². The quantitative estimate of drug-likeness (QED) is 0.777. The third-order valence-corrected chi connectivity index (χ3v) is 2.98. The van der Waals surface area contributed by atoms with Crippen LogP contribution >= 0.6 is 0 Å². The normalized spacial score (nSPS) is 10.6. The van der Waals surface area contributed by atoms with Gasteiger partial charge in [-0.3, -0.25) is 4.98 Å². The van der Waals surface area contributed by atoms with Crippen molar-refractivity contribution in [2.24, 2.45) is 0 Å². The molecule has 0 aliphatic rings. The van der Waals surface area contributed by atoms with Crippen molar-refractivity contribution in [2.75, 3.05) is 0 Å². The number of aliphatic hydroxyl groups is 1. The molecule has 4 nitrogen and oxygen atoms in total. The maximum absolute atomic E-state index is 9.32. The minimum absolute atomic E-state index is 0.0519. The maximum Gasteiger partial charge on any atom is 0.0731 e. The lowest BCUT2D eigenvalue weighted by Gasteiger charge is -2.05. The smallest absolute Gasteiger partial charge is 0.0731 e. The zero-order valence-corrected chi connectivity index (χ0v) is 10.3. The van der Waals surface area contributed by atoms with Gasteiger partial charge in [0.1, 0.15) is 0 Å². The highest BCUT2D eigenvalue weighted by atomic mass is 16.3. The molecule has 0 saturated heterocycles. The van der Waals surface area contributed by atoms with Crippen LogP contribution in [0, 0.1) is 0 Å². The number of nitrogens with zero attached hydrogens (tertiary/aromatic N) is 3. The summed E-state index contributed by atoms with van der Waals surface area (Å²) in [4.78, 5) is 4.01. The van der Waals surface area contributed by atoms with Gasteiger partial charge in [0.15, 0.2) is 0 Å². The van der Waals surface area contributed by atoms with Gasteiger partial charge in [-0.15, -0.1) is 0 Å². The molecule has 2 aromatic heterocycles. The fourth-order valence-corrected chi connectivity index (χ4v) is 2.00. The van der Waals surface area contributed by atoms with Crippen LogP contribution in [-0.4, -0.2) is 19.9 Å². The second-order valence-electron chi connectivity index (χ2n) is 4.20. The number of benzene rings is 1. The van der Waals surface area contributed by atoms with Crippen LogP contribution in [0.1, 0.15) is 5.56 Å². The summed E-state index contributed by atoms with van der Waals surface area (Å²) < 4.78 is 1.76. The Morgan fingerprint density at radius 3 is 2.63 bits per heavy atom. The van der Waals surface area contributed by atoms with Crippen LogP contribution in [0.5, 0.6) is 0 Å². The molecule has 0 saturated carbocycles. The first-order chi connectivity index (χ1) is 9.38. The van der Waals surface area contributed by atoms with Crippen LogP contribution in [0.4, 0.5) is 0 Å². The predicted octanol–water partition coefficient (Wildman–Crippen LogP) is 2.43. The Bertz CT molecular complexity index is 677. The van der Waals surface area contributed by atoms with Gasteiger partial charge in [-0.1, -0.05) is 30.3 Å². The molecule has 0 unspecified atom stereocenters. The molecule has 0 aliphatic heterocycles. The predicted molar refractivity (Wildman–Crippen MR) is 72.7 cm³/mol. The van der Waals surface area contributed by atoms with E-state index in [9.17, 15) is 5.11 Å². The van der Waals surface area contributed by atoms with E-state index in [1.807, 2.05) is 48.8 Å². The Kier molecular flexibility index (Phi) is 3.08. The Balaban J connectivity index is 2.02. The molecule has 0 amide bonds. The molecule has 2 heterocycles. The molecule has 94 valence electrons. The fourth-order valence-electron chi connectivity index (χ4n) is 2.00. The van der Waals surface area contributed by atoms with Gasteiger partial charge in [-0.05, 0) is 11.6 Å². The average Bonchev–Trinajstić information content (AvgIpc) is 2.98. The van der Waals surface area contributed by atoms with Gasteiger partial charge < -0.3 is 5.11 Å². The van der Waals surface area contributed by atoms with Gasteiger partial charge in [-0.25, -0.2) is 4.68 Å². The van der Waals surface area contributed by atoms with E-state index in [0.29, 0.717) is 0 Å². The van der Waals surface area contributed by atoms with Crippen molar-refractivity contribution in [3.05, 3.63) is 66.7 Å². The van der Waals surface area contributed by atoms with E-state index in [4.69, 9.17) is 0 Å². The summed E-state index contributed by atoms with van der Waals surface area (Å²) in [6.45, 7) is -0.0519. The van der Waals surface area contributed by atoms with Crippen molar-refractivity contribution in [2.45, 2.75) is 6.61 Å². The zero-order chi connectivity index (χ0) is 13.1. The monoisotopic (exact) mass is 251 g/mol. The van der Waals surface area contributed by atoms with Crippen molar-refractivity contribution >= 4 is 0 Å². The summed E-state index contributed by atoms with van der Waals surface area (Å²) in [6, 6.07) is 11.9. The number of rotatable bonds is 3. The average molecular weight is 251 g/mol. The van der Waals surface area contributed by atoms with E-state index < -0.39 is 0 Å². The summed E-state index contributed by atoms with van der Waals surface area (Å²) in [5.74, 6) is 0. The van der Waals surface area contributed by atoms with Crippen molar-refractivity contribution in [3.63, 3.8) is 0 Å². The van der Waals surface area contributed by atoms with E-state index in [1.54, 1.807) is 17.1 Å². The number of aromatic nitrogens is 3. The summed E-state index contributed by atoms with van der Waals surface area (Å²) in [5.41, 5.74) is 3.76. The lowest BCUT2D eigenvalue weighted by molar-refractivity contribution is 0.281. The first-order valence-electron chi connectivity index (χ1n) is 6.02. The van der Waals surface area contributed by atoms with Gasteiger partial charge in [0, 0.05) is 29.7 Å².